The third kappa shape index (κ3) is 2.30. The molecule has 1 aromatic heterocycles. The Balaban J connectivity index is 1.86. The molecule has 0 saturated carbocycles. The lowest BCUT2D eigenvalue weighted by Crippen LogP contribution is -2.37. The Morgan fingerprint density at radius 3 is 3.29 bits per heavy atom. The zero-order valence-electron chi connectivity index (χ0n) is 8.22. The standard InChI is InChI=1S/C9H16N4O/c10-4-8-2-1-3-13(5-8)6-9-11-7-12-14-9/h7-8H,1-6,10H2. The molecule has 1 unspecified atom stereocenters. The largest absolute Gasteiger partial charge is 0.338 e. The summed E-state index contributed by atoms with van der Waals surface area (Å²) in [6, 6.07) is 0. The minimum Gasteiger partial charge on any atom is -0.338 e. The van der Waals surface area contributed by atoms with Gasteiger partial charge in [-0.1, -0.05) is 5.16 Å². The molecule has 1 saturated heterocycles. The van der Waals surface area contributed by atoms with Crippen molar-refractivity contribution < 1.29 is 4.52 Å². The van der Waals surface area contributed by atoms with Crippen LogP contribution >= 0.6 is 0 Å². The van der Waals surface area contributed by atoms with E-state index in [-0.39, 0.29) is 0 Å². The number of nitrogens with zero attached hydrogens (tertiary/aromatic N) is 3. The molecule has 1 aliphatic heterocycles. The summed E-state index contributed by atoms with van der Waals surface area (Å²) in [5.74, 6) is 1.33. The summed E-state index contributed by atoms with van der Waals surface area (Å²) in [6.45, 7) is 3.70. The Morgan fingerprint density at radius 2 is 2.57 bits per heavy atom. The second-order valence-electron chi connectivity index (χ2n) is 3.81. The molecule has 2 rings (SSSR count). The van der Waals surface area contributed by atoms with E-state index in [4.69, 9.17) is 10.3 Å². The summed E-state index contributed by atoms with van der Waals surface area (Å²) in [5, 5.41) is 3.59. The smallest absolute Gasteiger partial charge is 0.240 e. The molecule has 1 aromatic rings. The number of nitrogens with two attached hydrogens (primary N) is 1. The van der Waals surface area contributed by atoms with E-state index in [1.807, 2.05) is 0 Å². The fraction of sp³-hybridized carbons (Fsp3) is 0.778. The third-order valence-electron chi connectivity index (χ3n) is 2.70. The molecule has 78 valence electrons. The van der Waals surface area contributed by atoms with Crippen molar-refractivity contribution >= 4 is 0 Å². The predicted molar refractivity (Wildman–Crippen MR) is 51.4 cm³/mol. The lowest BCUT2D eigenvalue weighted by Gasteiger charge is -2.30. The molecule has 2 heterocycles. The number of hydrogen-bond donors (Lipinski definition) is 1. The fourth-order valence-electron chi connectivity index (χ4n) is 1.94. The van der Waals surface area contributed by atoms with Gasteiger partial charge in [0.15, 0.2) is 6.33 Å². The van der Waals surface area contributed by atoms with Crippen LogP contribution in [0.5, 0.6) is 0 Å². The molecule has 1 aliphatic rings. The summed E-state index contributed by atoms with van der Waals surface area (Å²) < 4.78 is 4.97. The van der Waals surface area contributed by atoms with Crippen LogP contribution in [0, 0.1) is 5.92 Å². The molecule has 1 fully saturated rings. The van der Waals surface area contributed by atoms with E-state index >= 15 is 0 Å². The number of rotatable bonds is 3. The maximum atomic E-state index is 5.66. The quantitative estimate of drug-likeness (QED) is 0.750. The van der Waals surface area contributed by atoms with Gasteiger partial charge >= 0.3 is 0 Å². The van der Waals surface area contributed by atoms with Crippen LogP contribution in [0.15, 0.2) is 10.9 Å². The first kappa shape index (κ1) is 9.61. The number of hydrogen-bond acceptors (Lipinski definition) is 5. The fourth-order valence-corrected chi connectivity index (χ4v) is 1.94. The maximum absolute atomic E-state index is 5.66. The number of likely N-dealkylation sites (tertiary alicyclic amines) is 1. The monoisotopic (exact) mass is 196 g/mol. The van der Waals surface area contributed by atoms with Gasteiger partial charge in [0, 0.05) is 6.54 Å². The average Bonchev–Trinajstić information content (AvgIpc) is 2.71. The van der Waals surface area contributed by atoms with Crippen LogP contribution in [0.1, 0.15) is 18.7 Å². The maximum Gasteiger partial charge on any atom is 0.240 e. The van der Waals surface area contributed by atoms with Crippen molar-refractivity contribution in [3.05, 3.63) is 12.2 Å². The summed E-state index contributed by atoms with van der Waals surface area (Å²) in [6.07, 6.45) is 3.91. The Bertz CT molecular complexity index is 262. The average molecular weight is 196 g/mol. The zero-order valence-corrected chi connectivity index (χ0v) is 8.22. The van der Waals surface area contributed by atoms with Crippen molar-refractivity contribution in [1.82, 2.24) is 15.0 Å². The van der Waals surface area contributed by atoms with Crippen molar-refractivity contribution in [1.29, 1.82) is 0 Å². The first-order valence-corrected chi connectivity index (χ1v) is 5.06. The second kappa shape index (κ2) is 4.52. The lowest BCUT2D eigenvalue weighted by molar-refractivity contribution is 0.153. The number of piperidine rings is 1. The van der Waals surface area contributed by atoms with E-state index in [0.717, 1.165) is 26.2 Å². The van der Waals surface area contributed by atoms with Crippen LogP contribution in [-0.2, 0) is 6.54 Å². The molecule has 5 heteroatoms. The normalized spacial score (nSPS) is 23.9. The van der Waals surface area contributed by atoms with Crippen molar-refractivity contribution in [2.75, 3.05) is 19.6 Å². The van der Waals surface area contributed by atoms with E-state index in [0.29, 0.717) is 11.8 Å². The molecule has 14 heavy (non-hydrogen) atoms. The highest BCUT2D eigenvalue weighted by Gasteiger charge is 2.19. The lowest BCUT2D eigenvalue weighted by atomic mass is 9.98. The highest BCUT2D eigenvalue weighted by molar-refractivity contribution is 4.79. The molecule has 5 nitrogen and oxygen atoms in total. The molecule has 2 N–H and O–H groups in total. The highest BCUT2D eigenvalue weighted by atomic mass is 16.5. The highest BCUT2D eigenvalue weighted by Crippen LogP contribution is 2.16. The Labute approximate surface area is 83.3 Å². The molecular formula is C9H16N4O. The summed E-state index contributed by atoms with van der Waals surface area (Å²) in [7, 11) is 0. The van der Waals surface area contributed by atoms with Crippen LogP contribution in [0.25, 0.3) is 0 Å². The minimum absolute atomic E-state index is 0.631. The van der Waals surface area contributed by atoms with Crippen LogP contribution in [0.4, 0.5) is 0 Å². The molecule has 0 spiro atoms. The third-order valence-corrected chi connectivity index (χ3v) is 2.70. The molecule has 0 radical (unpaired) electrons. The van der Waals surface area contributed by atoms with Gasteiger partial charge in [0.2, 0.25) is 5.89 Å². The second-order valence-corrected chi connectivity index (χ2v) is 3.81. The van der Waals surface area contributed by atoms with Gasteiger partial charge < -0.3 is 10.3 Å². The van der Waals surface area contributed by atoms with E-state index in [9.17, 15) is 0 Å². The molecule has 0 aliphatic carbocycles. The van der Waals surface area contributed by atoms with Crippen molar-refractivity contribution in [2.45, 2.75) is 19.4 Å². The van der Waals surface area contributed by atoms with Crippen LogP contribution < -0.4 is 5.73 Å². The zero-order chi connectivity index (χ0) is 9.80. The minimum atomic E-state index is 0.631. The van der Waals surface area contributed by atoms with Gasteiger partial charge in [-0.2, -0.15) is 4.98 Å². The Hall–Kier alpha value is -0.940. The molecular weight excluding hydrogens is 180 g/mol. The summed E-state index contributed by atoms with van der Waals surface area (Å²) in [5.41, 5.74) is 5.66. The Kier molecular flexibility index (Phi) is 3.10. The van der Waals surface area contributed by atoms with Gasteiger partial charge in [0.25, 0.3) is 0 Å². The summed E-state index contributed by atoms with van der Waals surface area (Å²) >= 11 is 0. The van der Waals surface area contributed by atoms with Crippen LogP contribution in [0.2, 0.25) is 0 Å². The van der Waals surface area contributed by atoms with E-state index < -0.39 is 0 Å². The molecule has 0 aromatic carbocycles. The SMILES string of the molecule is NCC1CCCN(Cc2ncno2)C1. The van der Waals surface area contributed by atoms with Crippen molar-refractivity contribution in [3.8, 4) is 0 Å². The van der Waals surface area contributed by atoms with Crippen molar-refractivity contribution in [3.63, 3.8) is 0 Å². The van der Waals surface area contributed by atoms with Gasteiger partial charge in [-0.25, -0.2) is 0 Å². The van der Waals surface area contributed by atoms with E-state index in [1.54, 1.807) is 0 Å². The van der Waals surface area contributed by atoms with Crippen LogP contribution in [-0.4, -0.2) is 34.7 Å². The van der Waals surface area contributed by atoms with E-state index in [2.05, 4.69) is 15.0 Å². The van der Waals surface area contributed by atoms with Gasteiger partial charge in [-0.05, 0) is 31.8 Å². The van der Waals surface area contributed by atoms with Gasteiger partial charge in [-0.15, -0.1) is 0 Å². The summed E-state index contributed by atoms with van der Waals surface area (Å²) in [4.78, 5) is 6.34. The topological polar surface area (TPSA) is 68.2 Å². The first-order chi connectivity index (χ1) is 6.88. The van der Waals surface area contributed by atoms with Crippen LogP contribution in [0.3, 0.4) is 0 Å². The molecule has 0 bridgehead atoms. The Morgan fingerprint density at radius 1 is 1.64 bits per heavy atom. The van der Waals surface area contributed by atoms with Gasteiger partial charge in [-0.3, -0.25) is 4.90 Å². The van der Waals surface area contributed by atoms with Crippen molar-refractivity contribution in [2.24, 2.45) is 11.7 Å². The number of aromatic nitrogens is 2. The first-order valence-electron chi connectivity index (χ1n) is 5.06. The molecule has 0 amide bonds. The van der Waals surface area contributed by atoms with E-state index in [1.165, 1.54) is 19.2 Å². The van der Waals surface area contributed by atoms with Gasteiger partial charge in [0.1, 0.15) is 0 Å². The van der Waals surface area contributed by atoms with Gasteiger partial charge in [0.05, 0.1) is 6.54 Å². The molecule has 1 atom stereocenters. The predicted octanol–water partition coefficient (Wildman–Crippen LogP) is 0.240.